The number of alkyl halides is 6. The molecule has 5 nitrogen and oxygen atoms in total. The van der Waals surface area contributed by atoms with E-state index in [2.05, 4.69) is 9.97 Å². The molecule has 2 aromatic heterocycles. The van der Waals surface area contributed by atoms with Crippen LogP contribution in [0.25, 0.3) is 21.8 Å². The summed E-state index contributed by atoms with van der Waals surface area (Å²) in [6.07, 6.45) is -9.17. The summed E-state index contributed by atoms with van der Waals surface area (Å²) in [4.78, 5) is 8.49. The lowest BCUT2D eigenvalue weighted by molar-refractivity contribution is -0.138. The Morgan fingerprint density at radius 1 is 0.629 bits per heavy atom. The number of aromatic nitrogens is 2. The molecule has 0 spiro atoms. The molecule has 2 aromatic carbocycles. The van der Waals surface area contributed by atoms with Crippen LogP contribution in [0.3, 0.4) is 0 Å². The van der Waals surface area contributed by atoms with E-state index in [9.17, 15) is 26.3 Å². The largest absolute Gasteiger partial charge is 0.743 e. The number of benzene rings is 2. The smallest absolute Gasteiger partial charge is 0.626 e. The van der Waals surface area contributed by atoms with Crippen LogP contribution in [-0.4, -0.2) is 41.7 Å². The zero-order valence-corrected chi connectivity index (χ0v) is 20.5. The third-order valence-corrected chi connectivity index (χ3v) is 6.50. The Kier molecular flexibility index (Phi) is 7.19. The fourth-order valence-corrected chi connectivity index (χ4v) is 4.48. The van der Waals surface area contributed by atoms with Crippen molar-refractivity contribution in [3.05, 3.63) is 71.0 Å². The van der Waals surface area contributed by atoms with Gasteiger partial charge in [0.05, 0.1) is 11.1 Å². The fraction of sp³-hybridized carbons (Fsp3) is 0.182. The van der Waals surface area contributed by atoms with Gasteiger partial charge in [-0.15, -0.1) is 0 Å². The lowest BCUT2D eigenvalue weighted by Gasteiger charge is -2.15. The van der Waals surface area contributed by atoms with Crippen LogP contribution in [0.2, 0.25) is 0 Å². The van der Waals surface area contributed by atoms with Crippen LogP contribution < -0.4 is 7.58 Å². The van der Waals surface area contributed by atoms with Crippen molar-refractivity contribution in [1.29, 1.82) is 0 Å². The van der Waals surface area contributed by atoms with E-state index in [4.69, 9.17) is 10.4 Å². The molecule has 0 bridgehead atoms. The summed E-state index contributed by atoms with van der Waals surface area (Å²) in [7, 11) is 0. The summed E-state index contributed by atoms with van der Waals surface area (Å²) < 4.78 is 96.0. The predicted octanol–water partition coefficient (Wildman–Crippen LogP) is 5.98. The third-order valence-electron chi connectivity index (χ3n) is 4.91. The highest BCUT2D eigenvalue weighted by Crippen LogP contribution is 2.37. The molecule has 0 saturated heterocycles. The van der Waals surface area contributed by atoms with Gasteiger partial charge in [-0.2, -0.15) is 26.3 Å². The lowest BCUT2D eigenvalue weighted by atomic mass is 10.1. The first-order valence-corrected chi connectivity index (χ1v) is 11.9. The number of rotatable bonds is 6. The van der Waals surface area contributed by atoms with Crippen molar-refractivity contribution in [1.82, 2.24) is 9.97 Å². The van der Waals surface area contributed by atoms with E-state index < -0.39 is 55.3 Å². The normalized spacial score (nSPS) is 12.1. The Hall–Kier alpha value is -2.54. The van der Waals surface area contributed by atoms with E-state index >= 15 is 0 Å². The van der Waals surface area contributed by atoms with E-state index in [1.807, 2.05) is 0 Å². The lowest BCUT2D eigenvalue weighted by Crippen LogP contribution is -2.17. The van der Waals surface area contributed by atoms with Gasteiger partial charge >= 0.3 is 44.1 Å². The number of halogens is 6. The third kappa shape index (κ3) is 6.00. The van der Waals surface area contributed by atoms with E-state index in [0.29, 0.717) is 11.4 Å². The topological polar surface area (TPSA) is 53.5 Å². The van der Waals surface area contributed by atoms with Crippen LogP contribution in [0.4, 0.5) is 26.3 Å². The molecule has 0 unspecified atom stereocenters. The number of pyridine rings is 2. The average Bonchev–Trinajstić information content (AvgIpc) is 2.77. The summed E-state index contributed by atoms with van der Waals surface area (Å²) in [6.45, 7) is 3.38. The zero-order chi connectivity index (χ0) is 25.4. The Balaban J connectivity index is 1.50. The van der Waals surface area contributed by atoms with Gasteiger partial charge in [0.2, 0.25) is 0 Å². The van der Waals surface area contributed by atoms with E-state index in [-0.39, 0.29) is 33.3 Å². The summed E-state index contributed by atoms with van der Waals surface area (Å²) in [5, 5.41) is 0.501. The summed E-state index contributed by atoms with van der Waals surface area (Å²) in [5.41, 5.74) is -0.129. The standard InChI is InChI=1S/2C11H8F3NO.2Al.O/c2*1-6-2-3-7-4-8(11(12,13)14)5-9(16)10(7)15-6;;;/h2*2-5,16H,1H3;;;/q;;2*+1;/p-2. The van der Waals surface area contributed by atoms with Crippen LogP contribution in [0.1, 0.15) is 22.5 Å². The van der Waals surface area contributed by atoms with Gasteiger partial charge in [-0.25, -0.2) is 9.97 Å². The second kappa shape index (κ2) is 9.84. The summed E-state index contributed by atoms with van der Waals surface area (Å²) >= 11 is -2.67. The minimum absolute atomic E-state index is 0.102. The molecule has 0 saturated carbocycles. The zero-order valence-electron chi connectivity index (χ0n) is 18.2. The highest BCUT2D eigenvalue weighted by molar-refractivity contribution is 6.35. The van der Waals surface area contributed by atoms with Gasteiger partial charge in [0.1, 0.15) is 22.5 Å². The molecule has 13 heteroatoms. The molecule has 4 aromatic rings. The van der Waals surface area contributed by atoms with Crippen LogP contribution in [-0.2, 0) is 15.2 Å². The van der Waals surface area contributed by atoms with Crippen molar-refractivity contribution in [3.8, 4) is 11.5 Å². The quantitative estimate of drug-likeness (QED) is 0.177. The van der Waals surface area contributed by atoms with Crippen LogP contribution >= 0.6 is 0 Å². The molecule has 4 rings (SSSR count). The molecule has 178 valence electrons. The summed E-state index contributed by atoms with van der Waals surface area (Å²) in [6, 6.07) is 9.84. The molecule has 35 heavy (non-hydrogen) atoms. The van der Waals surface area contributed by atoms with Crippen molar-refractivity contribution in [2.75, 3.05) is 0 Å². The molecule has 0 N–H and O–H groups in total. The molecule has 2 heterocycles. The monoisotopic (exact) mass is 522 g/mol. The van der Waals surface area contributed by atoms with Crippen molar-refractivity contribution in [2.24, 2.45) is 0 Å². The van der Waals surface area contributed by atoms with Crippen molar-refractivity contribution in [2.45, 2.75) is 26.2 Å². The Morgan fingerprint density at radius 3 is 1.40 bits per heavy atom. The van der Waals surface area contributed by atoms with Crippen molar-refractivity contribution >= 4 is 53.6 Å². The van der Waals surface area contributed by atoms with Gasteiger partial charge in [-0.05, 0) is 50.2 Å². The molecule has 0 aliphatic rings. The summed E-state index contributed by atoms with van der Waals surface area (Å²) in [5.74, 6) is -0.204. The molecule has 0 aliphatic carbocycles. The molecule has 0 fully saturated rings. The SMILES string of the molecule is Cc1ccc2cc(C(F)(F)F)cc([O][Al][O][Al][O]c3cc(C(F)(F)F)cc4ccc(C)nc34)c2n1. The van der Waals surface area contributed by atoms with Crippen LogP contribution in [0, 0.1) is 13.8 Å². The highest BCUT2D eigenvalue weighted by Gasteiger charge is 2.33. The Labute approximate surface area is 208 Å². The van der Waals surface area contributed by atoms with Gasteiger partial charge < -0.3 is 10.4 Å². The van der Waals surface area contributed by atoms with Crippen molar-refractivity contribution in [3.63, 3.8) is 0 Å². The second-order valence-corrected chi connectivity index (χ2v) is 9.50. The molecule has 0 aliphatic heterocycles. The van der Waals surface area contributed by atoms with Crippen LogP contribution in [0.15, 0.2) is 48.5 Å². The van der Waals surface area contributed by atoms with Gasteiger partial charge in [0.15, 0.2) is 0 Å². The van der Waals surface area contributed by atoms with Crippen molar-refractivity contribution < 1.29 is 36.8 Å². The fourth-order valence-electron chi connectivity index (χ4n) is 3.29. The maximum Gasteiger partial charge on any atom is 0.743 e. The average molecular weight is 522 g/mol. The number of aryl methyl sites for hydroxylation is 2. The Morgan fingerprint density at radius 2 is 1.03 bits per heavy atom. The maximum absolute atomic E-state index is 13.3. The van der Waals surface area contributed by atoms with Gasteiger partial charge in [-0.1, -0.05) is 12.1 Å². The van der Waals surface area contributed by atoms with Gasteiger partial charge in [0.25, 0.3) is 0 Å². The van der Waals surface area contributed by atoms with Gasteiger partial charge in [-0.3, -0.25) is 0 Å². The number of hydrogen-bond donors (Lipinski definition) is 0. The minimum atomic E-state index is -4.59. The first-order chi connectivity index (χ1) is 16.4. The first-order valence-electron chi connectivity index (χ1n) is 10.0. The molecular formula is C22H14Al2F6N2O3. The molecule has 2 radical (unpaired) electrons. The highest BCUT2D eigenvalue weighted by atomic mass is 27.3. The first kappa shape index (κ1) is 25.6. The number of nitrogens with zero attached hydrogens (tertiary/aromatic N) is 2. The molecular weight excluding hydrogens is 508 g/mol. The van der Waals surface area contributed by atoms with Gasteiger partial charge in [0, 0.05) is 22.2 Å². The van der Waals surface area contributed by atoms with E-state index in [1.165, 1.54) is 12.1 Å². The second-order valence-electron chi connectivity index (χ2n) is 7.56. The maximum atomic E-state index is 13.3. The van der Waals surface area contributed by atoms with E-state index in [0.717, 1.165) is 24.3 Å². The predicted molar refractivity (Wildman–Crippen MR) is 117 cm³/mol. The molecule has 0 amide bonds. The molecule has 0 atom stereocenters. The minimum Gasteiger partial charge on any atom is -0.626 e. The number of hydrogen-bond acceptors (Lipinski definition) is 5. The van der Waals surface area contributed by atoms with Crippen LogP contribution in [0.5, 0.6) is 11.5 Å². The number of fused-ring (bicyclic) bond motifs is 2. The van der Waals surface area contributed by atoms with E-state index in [1.54, 1.807) is 26.0 Å². The Bertz CT molecular complexity index is 1290.